The molecular formula is C21H24F3N7O4. The zero-order valence-corrected chi connectivity index (χ0v) is 18.9. The van der Waals surface area contributed by atoms with E-state index < -0.39 is 36.6 Å². The predicted molar refractivity (Wildman–Crippen MR) is 115 cm³/mol. The number of halogens is 3. The van der Waals surface area contributed by atoms with Gasteiger partial charge in [0.25, 0.3) is 6.43 Å². The molecule has 35 heavy (non-hydrogen) atoms. The SMILES string of the molecule is COCc1cc2c(Nc3cc([C@@H]4OC[C@H](OC(=O)NC5(C)CC5)[C@@H]4F)[nH]n3)nc(C(F)F)cn2n1. The van der Waals surface area contributed by atoms with Crippen LogP contribution >= 0.6 is 0 Å². The van der Waals surface area contributed by atoms with Crippen molar-refractivity contribution >= 4 is 23.2 Å². The van der Waals surface area contributed by atoms with Gasteiger partial charge in [-0.05, 0) is 25.8 Å². The molecule has 4 heterocycles. The molecule has 0 unspecified atom stereocenters. The number of rotatable bonds is 8. The van der Waals surface area contributed by atoms with Crippen LogP contribution in [-0.4, -0.2) is 62.4 Å². The fourth-order valence-electron chi connectivity index (χ4n) is 3.81. The number of aromatic amines is 1. The Kier molecular flexibility index (Phi) is 6.01. The molecule has 1 aliphatic carbocycles. The molecule has 3 atom stereocenters. The number of carbonyl (C=O) groups excluding carboxylic acids is 1. The van der Waals surface area contributed by atoms with Crippen LogP contribution in [0.4, 0.5) is 29.6 Å². The van der Waals surface area contributed by atoms with Gasteiger partial charge < -0.3 is 24.8 Å². The molecule has 1 saturated carbocycles. The number of nitrogens with one attached hydrogen (secondary N) is 3. The van der Waals surface area contributed by atoms with Gasteiger partial charge in [0.2, 0.25) is 0 Å². The maximum atomic E-state index is 15.0. The zero-order valence-electron chi connectivity index (χ0n) is 18.9. The Labute approximate surface area is 197 Å². The van der Waals surface area contributed by atoms with Crippen LogP contribution in [0.1, 0.15) is 49.4 Å². The van der Waals surface area contributed by atoms with Gasteiger partial charge >= 0.3 is 6.09 Å². The molecule has 5 rings (SSSR count). The van der Waals surface area contributed by atoms with Crippen molar-refractivity contribution < 1.29 is 32.2 Å². The molecule has 3 aromatic heterocycles. The number of hydrogen-bond acceptors (Lipinski definition) is 8. The summed E-state index contributed by atoms with van der Waals surface area (Å²) in [5.74, 6) is 0.293. The molecule has 0 radical (unpaired) electrons. The van der Waals surface area contributed by atoms with Crippen LogP contribution in [-0.2, 0) is 20.8 Å². The van der Waals surface area contributed by atoms with E-state index in [1.807, 2.05) is 6.92 Å². The molecule has 0 spiro atoms. The average Bonchev–Trinajstić information content (AvgIpc) is 3.14. The third-order valence-corrected chi connectivity index (χ3v) is 5.94. The zero-order chi connectivity index (χ0) is 24.7. The number of anilines is 2. The highest BCUT2D eigenvalue weighted by Crippen LogP contribution is 2.36. The molecule has 11 nitrogen and oxygen atoms in total. The van der Waals surface area contributed by atoms with E-state index in [1.54, 1.807) is 6.07 Å². The van der Waals surface area contributed by atoms with Gasteiger partial charge in [-0.1, -0.05) is 0 Å². The average molecular weight is 495 g/mol. The summed E-state index contributed by atoms with van der Waals surface area (Å²) in [5.41, 5.74) is 0.471. The molecule has 14 heteroatoms. The van der Waals surface area contributed by atoms with Crippen molar-refractivity contribution in [2.75, 3.05) is 19.0 Å². The number of H-pyrrole nitrogens is 1. The maximum absolute atomic E-state index is 15.0. The lowest BCUT2D eigenvalue weighted by atomic mass is 10.1. The number of carbonyl (C=O) groups is 1. The molecule has 2 fully saturated rings. The van der Waals surface area contributed by atoms with Gasteiger partial charge in [-0.3, -0.25) is 5.10 Å². The van der Waals surface area contributed by atoms with Crippen molar-refractivity contribution in [2.24, 2.45) is 0 Å². The molecule has 1 saturated heterocycles. The summed E-state index contributed by atoms with van der Waals surface area (Å²) >= 11 is 0. The van der Waals surface area contributed by atoms with Crippen LogP contribution < -0.4 is 10.6 Å². The molecule has 3 aromatic rings. The van der Waals surface area contributed by atoms with Crippen LogP contribution in [0.3, 0.4) is 0 Å². The van der Waals surface area contributed by atoms with E-state index in [0.717, 1.165) is 19.0 Å². The molecule has 1 aliphatic heterocycles. The quantitative estimate of drug-likeness (QED) is 0.434. The Morgan fingerprint density at radius 3 is 2.91 bits per heavy atom. The highest BCUT2D eigenvalue weighted by Gasteiger charge is 2.44. The van der Waals surface area contributed by atoms with E-state index in [4.69, 9.17) is 14.2 Å². The van der Waals surface area contributed by atoms with Crippen LogP contribution in [0.2, 0.25) is 0 Å². The minimum Gasteiger partial charge on any atom is -0.441 e. The summed E-state index contributed by atoms with van der Waals surface area (Å²) in [7, 11) is 1.50. The summed E-state index contributed by atoms with van der Waals surface area (Å²) in [5, 5.41) is 16.6. The lowest BCUT2D eigenvalue weighted by Gasteiger charge is -2.17. The number of aromatic nitrogens is 5. The largest absolute Gasteiger partial charge is 0.441 e. The van der Waals surface area contributed by atoms with Crippen molar-refractivity contribution in [2.45, 2.75) is 56.7 Å². The lowest BCUT2D eigenvalue weighted by Crippen LogP contribution is -2.39. The Balaban J connectivity index is 1.30. The van der Waals surface area contributed by atoms with E-state index >= 15 is 0 Å². The van der Waals surface area contributed by atoms with E-state index in [2.05, 4.69) is 30.9 Å². The smallest absolute Gasteiger partial charge is 0.408 e. The highest BCUT2D eigenvalue weighted by molar-refractivity contribution is 5.72. The second-order valence-electron chi connectivity index (χ2n) is 8.87. The van der Waals surface area contributed by atoms with Crippen molar-refractivity contribution in [1.82, 2.24) is 30.1 Å². The van der Waals surface area contributed by atoms with Crippen molar-refractivity contribution in [3.05, 3.63) is 35.4 Å². The number of alkyl carbamates (subject to hydrolysis) is 1. The minimum atomic E-state index is -2.82. The molecule has 2 aliphatic rings. The standard InChI is InChI=1S/C21H24F3N7O4/c1-21(3-4-21)27-20(32)35-14-9-34-17(16(14)22)11-6-15(29-28-11)26-19-13-5-10(8-33-2)30-31(13)7-12(25-19)18(23)24/h5-7,14,16-18H,3-4,8-9H2,1-2H3,(H,27,32)(H2,25,26,28,29)/t14-,16-,17-/m0/s1. The van der Waals surface area contributed by atoms with Gasteiger partial charge in [0, 0.05) is 18.7 Å². The lowest BCUT2D eigenvalue weighted by molar-refractivity contribution is 0.0604. The van der Waals surface area contributed by atoms with Crippen LogP contribution in [0.25, 0.3) is 5.52 Å². The summed E-state index contributed by atoms with van der Waals surface area (Å²) in [4.78, 5) is 16.0. The Morgan fingerprint density at radius 1 is 1.40 bits per heavy atom. The molecule has 1 amide bonds. The number of hydrogen-bond donors (Lipinski definition) is 3. The van der Waals surface area contributed by atoms with Crippen LogP contribution in [0.5, 0.6) is 0 Å². The summed E-state index contributed by atoms with van der Waals surface area (Å²) in [6.45, 7) is 1.96. The first-order valence-electron chi connectivity index (χ1n) is 11.0. The first-order chi connectivity index (χ1) is 16.7. The number of amides is 1. The number of fused-ring (bicyclic) bond motifs is 1. The summed E-state index contributed by atoms with van der Waals surface area (Å²) < 4.78 is 58.8. The van der Waals surface area contributed by atoms with Crippen molar-refractivity contribution in [1.29, 1.82) is 0 Å². The third-order valence-electron chi connectivity index (χ3n) is 5.94. The fraction of sp³-hybridized carbons (Fsp3) is 0.524. The van der Waals surface area contributed by atoms with Crippen LogP contribution in [0, 0.1) is 0 Å². The number of ether oxygens (including phenoxy) is 3. The van der Waals surface area contributed by atoms with Crippen molar-refractivity contribution in [3.63, 3.8) is 0 Å². The van der Waals surface area contributed by atoms with Gasteiger partial charge in [0.15, 0.2) is 23.9 Å². The Morgan fingerprint density at radius 2 is 2.20 bits per heavy atom. The van der Waals surface area contributed by atoms with Gasteiger partial charge in [0.1, 0.15) is 17.3 Å². The molecule has 0 bridgehead atoms. The van der Waals surface area contributed by atoms with E-state index in [1.165, 1.54) is 17.7 Å². The summed E-state index contributed by atoms with van der Waals surface area (Å²) in [6, 6.07) is 3.12. The van der Waals surface area contributed by atoms with Gasteiger partial charge in [0.05, 0.1) is 30.8 Å². The van der Waals surface area contributed by atoms with E-state index in [0.29, 0.717) is 11.2 Å². The van der Waals surface area contributed by atoms with E-state index in [-0.39, 0.29) is 36.1 Å². The summed E-state index contributed by atoms with van der Waals surface area (Å²) in [6.07, 6.45) is -4.41. The predicted octanol–water partition coefficient (Wildman–Crippen LogP) is 3.34. The monoisotopic (exact) mass is 495 g/mol. The highest BCUT2D eigenvalue weighted by atomic mass is 19.3. The van der Waals surface area contributed by atoms with Crippen LogP contribution in [0.15, 0.2) is 18.3 Å². The second kappa shape index (κ2) is 9.00. The topological polar surface area (TPSA) is 128 Å². The Hall–Kier alpha value is -3.39. The number of alkyl halides is 3. The number of nitrogens with zero attached hydrogens (tertiary/aromatic N) is 4. The second-order valence-corrected chi connectivity index (χ2v) is 8.87. The van der Waals surface area contributed by atoms with Gasteiger partial charge in [-0.2, -0.15) is 10.2 Å². The fourth-order valence-corrected chi connectivity index (χ4v) is 3.81. The van der Waals surface area contributed by atoms with E-state index in [9.17, 15) is 18.0 Å². The molecule has 3 N–H and O–H groups in total. The normalized spacial score (nSPS) is 23.1. The number of methoxy groups -OCH3 is 1. The molecule has 188 valence electrons. The van der Waals surface area contributed by atoms with Gasteiger partial charge in [-0.15, -0.1) is 0 Å². The molecule has 0 aromatic carbocycles. The Bertz CT molecular complexity index is 1230. The minimum absolute atomic E-state index is 0.0892. The van der Waals surface area contributed by atoms with Gasteiger partial charge in [-0.25, -0.2) is 27.5 Å². The maximum Gasteiger partial charge on any atom is 0.408 e. The van der Waals surface area contributed by atoms with Crippen molar-refractivity contribution in [3.8, 4) is 0 Å². The molecular weight excluding hydrogens is 471 g/mol. The third kappa shape index (κ3) is 4.89. The first-order valence-corrected chi connectivity index (χ1v) is 11.0. The first kappa shape index (κ1) is 23.4.